The second-order valence-corrected chi connectivity index (χ2v) is 4.50. The molecule has 90 valence electrons. The Bertz CT molecular complexity index is 515. The summed E-state index contributed by atoms with van der Waals surface area (Å²) >= 11 is 0. The first-order valence-electron chi connectivity index (χ1n) is 5.99. The fourth-order valence-electron chi connectivity index (χ4n) is 2.30. The summed E-state index contributed by atoms with van der Waals surface area (Å²) in [6.45, 7) is 2.18. The Morgan fingerprint density at radius 2 is 2.47 bits per heavy atom. The van der Waals surface area contributed by atoms with Crippen LogP contribution in [0.5, 0.6) is 5.75 Å². The summed E-state index contributed by atoms with van der Waals surface area (Å²) in [5.41, 5.74) is 1.72. The van der Waals surface area contributed by atoms with Gasteiger partial charge in [-0.25, -0.2) is 4.98 Å². The van der Waals surface area contributed by atoms with Crippen molar-refractivity contribution in [3.05, 3.63) is 24.1 Å². The van der Waals surface area contributed by atoms with Crippen molar-refractivity contribution in [3.8, 4) is 5.75 Å². The molecule has 0 saturated carbocycles. The van der Waals surface area contributed by atoms with Crippen LogP contribution in [0.25, 0.3) is 11.1 Å². The molecule has 1 aromatic heterocycles. The molecule has 0 radical (unpaired) electrons. The Balaban J connectivity index is 1.85. The molecule has 1 aliphatic heterocycles. The van der Waals surface area contributed by atoms with Gasteiger partial charge in [-0.3, -0.25) is 0 Å². The predicted molar refractivity (Wildman–Crippen MR) is 65.2 cm³/mol. The van der Waals surface area contributed by atoms with Gasteiger partial charge in [0.15, 0.2) is 11.5 Å². The van der Waals surface area contributed by atoms with Crippen molar-refractivity contribution >= 4 is 11.1 Å². The van der Waals surface area contributed by atoms with E-state index in [9.17, 15) is 0 Å². The van der Waals surface area contributed by atoms with Crippen LogP contribution in [0.1, 0.15) is 12.3 Å². The van der Waals surface area contributed by atoms with Crippen molar-refractivity contribution in [2.75, 3.05) is 20.2 Å². The molecular weight excluding hydrogens is 216 g/mol. The van der Waals surface area contributed by atoms with Crippen LogP contribution in [0.4, 0.5) is 0 Å². The highest BCUT2D eigenvalue weighted by atomic mass is 16.5. The van der Waals surface area contributed by atoms with E-state index in [1.54, 1.807) is 7.11 Å². The molecule has 1 fully saturated rings. The minimum Gasteiger partial charge on any atom is -0.497 e. The number of oxazole rings is 1. The molecule has 4 heteroatoms. The topological polar surface area (TPSA) is 47.3 Å². The van der Waals surface area contributed by atoms with Gasteiger partial charge in [0.05, 0.1) is 7.11 Å². The lowest BCUT2D eigenvalue weighted by Crippen LogP contribution is -2.10. The number of rotatable bonds is 3. The van der Waals surface area contributed by atoms with Crippen molar-refractivity contribution in [2.24, 2.45) is 5.92 Å². The zero-order valence-corrected chi connectivity index (χ0v) is 9.90. The van der Waals surface area contributed by atoms with E-state index in [4.69, 9.17) is 9.15 Å². The van der Waals surface area contributed by atoms with E-state index in [-0.39, 0.29) is 0 Å². The Morgan fingerprint density at radius 3 is 3.24 bits per heavy atom. The highest BCUT2D eigenvalue weighted by molar-refractivity contribution is 5.74. The predicted octanol–water partition coefficient (Wildman–Crippen LogP) is 1.99. The normalized spacial score (nSPS) is 19.9. The molecule has 0 amide bonds. The summed E-state index contributed by atoms with van der Waals surface area (Å²) in [6, 6.07) is 5.72. The van der Waals surface area contributed by atoms with Crippen LogP contribution in [-0.2, 0) is 6.42 Å². The van der Waals surface area contributed by atoms with E-state index in [0.717, 1.165) is 42.3 Å². The number of hydrogen-bond donors (Lipinski definition) is 1. The number of nitrogens with one attached hydrogen (secondary N) is 1. The molecule has 1 atom stereocenters. The maximum Gasteiger partial charge on any atom is 0.195 e. The van der Waals surface area contributed by atoms with E-state index in [2.05, 4.69) is 10.3 Å². The van der Waals surface area contributed by atoms with Gasteiger partial charge in [0.1, 0.15) is 11.3 Å². The Hall–Kier alpha value is -1.55. The molecule has 1 saturated heterocycles. The second kappa shape index (κ2) is 4.37. The molecule has 0 aliphatic carbocycles. The standard InChI is InChI=1S/C13H16N2O2/c1-16-10-2-3-12-11(7-10)15-13(17-12)6-9-4-5-14-8-9/h2-3,7,9,14H,4-6,8H2,1H3. The molecule has 1 aliphatic rings. The molecule has 0 spiro atoms. The number of nitrogens with zero attached hydrogens (tertiary/aromatic N) is 1. The van der Waals surface area contributed by atoms with Crippen LogP contribution in [0.3, 0.4) is 0 Å². The van der Waals surface area contributed by atoms with Crippen molar-refractivity contribution in [1.82, 2.24) is 10.3 Å². The molecule has 2 heterocycles. The van der Waals surface area contributed by atoms with E-state index >= 15 is 0 Å². The first-order chi connectivity index (χ1) is 8.35. The minimum atomic E-state index is 0.657. The summed E-state index contributed by atoms with van der Waals surface area (Å²) in [4.78, 5) is 4.51. The highest BCUT2D eigenvalue weighted by Gasteiger charge is 2.18. The zero-order valence-electron chi connectivity index (χ0n) is 9.90. The van der Waals surface area contributed by atoms with Crippen LogP contribution in [0.2, 0.25) is 0 Å². The maximum atomic E-state index is 5.74. The van der Waals surface area contributed by atoms with Gasteiger partial charge in [0, 0.05) is 12.5 Å². The summed E-state index contributed by atoms with van der Waals surface area (Å²) in [5.74, 6) is 2.31. The number of fused-ring (bicyclic) bond motifs is 1. The number of hydrogen-bond acceptors (Lipinski definition) is 4. The van der Waals surface area contributed by atoms with Gasteiger partial charge >= 0.3 is 0 Å². The fraction of sp³-hybridized carbons (Fsp3) is 0.462. The average molecular weight is 232 g/mol. The molecule has 0 bridgehead atoms. The first kappa shape index (κ1) is 10.6. The van der Waals surface area contributed by atoms with Crippen molar-refractivity contribution in [2.45, 2.75) is 12.8 Å². The third-order valence-electron chi connectivity index (χ3n) is 3.26. The van der Waals surface area contributed by atoms with Crippen LogP contribution >= 0.6 is 0 Å². The van der Waals surface area contributed by atoms with Gasteiger partial charge in [-0.15, -0.1) is 0 Å². The largest absolute Gasteiger partial charge is 0.497 e. The van der Waals surface area contributed by atoms with Crippen molar-refractivity contribution in [1.29, 1.82) is 0 Å². The van der Waals surface area contributed by atoms with E-state index in [1.165, 1.54) is 6.42 Å². The highest BCUT2D eigenvalue weighted by Crippen LogP contribution is 2.23. The molecule has 17 heavy (non-hydrogen) atoms. The third-order valence-corrected chi connectivity index (χ3v) is 3.26. The molecule has 1 aromatic carbocycles. The smallest absolute Gasteiger partial charge is 0.195 e. The lowest BCUT2D eigenvalue weighted by molar-refractivity contribution is 0.415. The molecule has 1 N–H and O–H groups in total. The SMILES string of the molecule is COc1ccc2oc(CC3CCNC3)nc2c1. The van der Waals surface area contributed by atoms with Gasteiger partial charge in [-0.1, -0.05) is 0 Å². The Kier molecular flexibility index (Phi) is 2.73. The van der Waals surface area contributed by atoms with Crippen molar-refractivity contribution in [3.63, 3.8) is 0 Å². The van der Waals surface area contributed by atoms with Crippen molar-refractivity contribution < 1.29 is 9.15 Å². The molecular formula is C13H16N2O2. The van der Waals surface area contributed by atoms with Crippen LogP contribution in [0, 0.1) is 5.92 Å². The van der Waals surface area contributed by atoms with E-state index < -0.39 is 0 Å². The lowest BCUT2D eigenvalue weighted by atomic mass is 10.1. The minimum absolute atomic E-state index is 0.657. The quantitative estimate of drug-likeness (QED) is 0.879. The molecule has 4 nitrogen and oxygen atoms in total. The summed E-state index contributed by atoms with van der Waals surface area (Å²) in [7, 11) is 1.66. The van der Waals surface area contributed by atoms with Gasteiger partial charge in [-0.2, -0.15) is 0 Å². The Labute approximate surface area is 100.0 Å². The van der Waals surface area contributed by atoms with Gasteiger partial charge < -0.3 is 14.5 Å². The van der Waals surface area contributed by atoms with Crippen LogP contribution in [-0.4, -0.2) is 25.2 Å². The van der Waals surface area contributed by atoms with Gasteiger partial charge in [-0.05, 0) is 37.6 Å². The third kappa shape index (κ3) is 2.13. The van der Waals surface area contributed by atoms with Gasteiger partial charge in [0.25, 0.3) is 0 Å². The average Bonchev–Trinajstić information content (AvgIpc) is 2.96. The Morgan fingerprint density at radius 1 is 1.53 bits per heavy atom. The lowest BCUT2D eigenvalue weighted by Gasteiger charge is -2.02. The summed E-state index contributed by atoms with van der Waals surface area (Å²) < 4.78 is 10.9. The van der Waals surface area contributed by atoms with E-state index in [0.29, 0.717) is 5.92 Å². The zero-order chi connectivity index (χ0) is 11.7. The summed E-state index contributed by atoms with van der Waals surface area (Å²) in [5, 5.41) is 3.36. The number of benzene rings is 1. The first-order valence-corrected chi connectivity index (χ1v) is 5.99. The fourth-order valence-corrected chi connectivity index (χ4v) is 2.30. The number of methoxy groups -OCH3 is 1. The number of ether oxygens (including phenoxy) is 1. The summed E-state index contributed by atoms with van der Waals surface area (Å²) in [6.07, 6.45) is 2.13. The molecule has 2 aromatic rings. The van der Waals surface area contributed by atoms with Crippen LogP contribution < -0.4 is 10.1 Å². The van der Waals surface area contributed by atoms with Gasteiger partial charge in [0.2, 0.25) is 0 Å². The van der Waals surface area contributed by atoms with Crippen LogP contribution in [0.15, 0.2) is 22.6 Å². The van der Waals surface area contributed by atoms with E-state index in [1.807, 2.05) is 18.2 Å². The monoisotopic (exact) mass is 232 g/mol. The molecule has 3 rings (SSSR count). The number of aromatic nitrogens is 1. The molecule has 1 unspecified atom stereocenters. The second-order valence-electron chi connectivity index (χ2n) is 4.50. The maximum absolute atomic E-state index is 5.74.